The van der Waals surface area contributed by atoms with Gasteiger partial charge in [0.15, 0.2) is 0 Å². The van der Waals surface area contributed by atoms with Gasteiger partial charge in [-0.3, -0.25) is 14.4 Å². The molecule has 108 valence electrons. The van der Waals surface area contributed by atoms with E-state index in [2.05, 4.69) is 5.32 Å². The van der Waals surface area contributed by atoms with Crippen molar-refractivity contribution in [1.82, 2.24) is 9.88 Å². The van der Waals surface area contributed by atoms with Crippen LogP contribution in [0, 0.1) is 0 Å². The van der Waals surface area contributed by atoms with Gasteiger partial charge >= 0.3 is 5.97 Å². The Morgan fingerprint density at radius 1 is 1.40 bits per heavy atom. The summed E-state index contributed by atoms with van der Waals surface area (Å²) >= 11 is 0. The van der Waals surface area contributed by atoms with Crippen molar-refractivity contribution in [2.75, 3.05) is 12.3 Å². The third kappa shape index (κ3) is 4.42. The Morgan fingerprint density at radius 3 is 2.85 bits per heavy atom. The lowest BCUT2D eigenvalue weighted by molar-refractivity contribution is -0.145. The van der Waals surface area contributed by atoms with Gasteiger partial charge in [0.2, 0.25) is 5.91 Å². The molecule has 1 aliphatic carbocycles. The molecule has 20 heavy (non-hydrogen) atoms. The summed E-state index contributed by atoms with van der Waals surface area (Å²) < 4.78 is 6.08. The lowest BCUT2D eigenvalue weighted by Crippen LogP contribution is -2.28. The zero-order valence-corrected chi connectivity index (χ0v) is 11.0. The first-order chi connectivity index (χ1) is 9.54. The zero-order valence-electron chi connectivity index (χ0n) is 11.0. The van der Waals surface area contributed by atoms with Crippen LogP contribution in [0.25, 0.3) is 0 Å². The highest BCUT2D eigenvalue weighted by molar-refractivity contribution is 5.77. The number of amides is 1. The van der Waals surface area contributed by atoms with E-state index < -0.39 is 5.97 Å². The van der Waals surface area contributed by atoms with Gasteiger partial charge in [-0.15, -0.1) is 0 Å². The van der Waals surface area contributed by atoms with E-state index in [1.807, 2.05) is 0 Å². The predicted molar refractivity (Wildman–Crippen MR) is 71.9 cm³/mol. The van der Waals surface area contributed by atoms with E-state index in [1.54, 1.807) is 0 Å². The predicted octanol–water partition coefficient (Wildman–Crippen LogP) is -0.358. The van der Waals surface area contributed by atoms with Crippen molar-refractivity contribution in [1.29, 1.82) is 0 Å². The van der Waals surface area contributed by atoms with Crippen molar-refractivity contribution in [2.24, 2.45) is 0 Å². The first-order valence-corrected chi connectivity index (χ1v) is 6.45. The van der Waals surface area contributed by atoms with Crippen LogP contribution in [0.2, 0.25) is 0 Å². The highest BCUT2D eigenvalue weighted by atomic mass is 16.5. The van der Waals surface area contributed by atoms with Crippen LogP contribution in [0.1, 0.15) is 19.3 Å². The van der Waals surface area contributed by atoms with E-state index in [1.165, 1.54) is 22.9 Å². The Labute approximate surface area is 115 Å². The normalized spacial score (nSPS) is 13.8. The Morgan fingerprint density at radius 2 is 2.15 bits per heavy atom. The summed E-state index contributed by atoms with van der Waals surface area (Å²) in [6.07, 6.45) is 3.55. The molecule has 0 spiro atoms. The van der Waals surface area contributed by atoms with Gasteiger partial charge in [0.1, 0.15) is 13.2 Å². The van der Waals surface area contributed by atoms with Crippen molar-refractivity contribution < 1.29 is 14.3 Å². The Balaban J connectivity index is 1.73. The minimum absolute atomic E-state index is 0.00839. The zero-order chi connectivity index (χ0) is 14.5. The monoisotopic (exact) mass is 279 g/mol. The second kappa shape index (κ2) is 6.23. The van der Waals surface area contributed by atoms with E-state index in [4.69, 9.17) is 10.5 Å². The van der Waals surface area contributed by atoms with Crippen molar-refractivity contribution in [3.05, 3.63) is 28.7 Å². The molecule has 1 amide bonds. The number of hydrogen-bond donors (Lipinski definition) is 2. The third-order valence-corrected chi connectivity index (χ3v) is 2.84. The van der Waals surface area contributed by atoms with Gasteiger partial charge in [-0.25, -0.2) is 0 Å². The fourth-order valence-corrected chi connectivity index (χ4v) is 1.64. The highest BCUT2D eigenvalue weighted by Gasteiger charge is 2.22. The second-order valence-corrected chi connectivity index (χ2v) is 4.74. The van der Waals surface area contributed by atoms with Gasteiger partial charge in [-0.2, -0.15) is 0 Å². The summed E-state index contributed by atoms with van der Waals surface area (Å²) in [5, 5.41) is 2.79. The molecule has 0 atom stereocenters. The van der Waals surface area contributed by atoms with E-state index >= 15 is 0 Å². The number of carbonyl (C=O) groups is 2. The van der Waals surface area contributed by atoms with E-state index in [-0.39, 0.29) is 31.0 Å². The fraction of sp³-hybridized carbons (Fsp3) is 0.462. The van der Waals surface area contributed by atoms with Crippen molar-refractivity contribution in [3.63, 3.8) is 0 Å². The van der Waals surface area contributed by atoms with Crippen LogP contribution in [0.15, 0.2) is 23.1 Å². The molecule has 0 unspecified atom stereocenters. The van der Waals surface area contributed by atoms with E-state index in [9.17, 15) is 14.4 Å². The summed E-state index contributed by atoms with van der Waals surface area (Å²) in [5.41, 5.74) is 5.59. The summed E-state index contributed by atoms with van der Waals surface area (Å²) in [5.74, 6) is -0.696. The van der Waals surface area contributed by atoms with Gasteiger partial charge in [0.05, 0.1) is 6.42 Å². The molecular formula is C13H17N3O4. The molecule has 3 N–H and O–H groups in total. The third-order valence-electron chi connectivity index (χ3n) is 2.84. The molecule has 1 heterocycles. The average molecular weight is 279 g/mol. The number of esters is 1. The van der Waals surface area contributed by atoms with Crippen LogP contribution in [-0.2, 0) is 20.9 Å². The largest absolute Gasteiger partial charge is 0.464 e. The summed E-state index contributed by atoms with van der Waals surface area (Å²) in [6, 6.07) is 3.04. The maximum absolute atomic E-state index is 11.5. The molecule has 0 saturated heterocycles. The van der Waals surface area contributed by atoms with Gasteiger partial charge in [0.25, 0.3) is 5.56 Å². The molecule has 1 saturated carbocycles. The lowest BCUT2D eigenvalue weighted by atomic mass is 10.4. The Kier molecular flexibility index (Phi) is 4.39. The number of aromatic nitrogens is 1. The minimum Gasteiger partial charge on any atom is -0.464 e. The molecular weight excluding hydrogens is 262 g/mol. The van der Waals surface area contributed by atoms with Gasteiger partial charge in [-0.1, -0.05) is 0 Å². The van der Waals surface area contributed by atoms with Crippen molar-refractivity contribution >= 4 is 17.6 Å². The van der Waals surface area contributed by atoms with E-state index in [0.717, 1.165) is 12.8 Å². The van der Waals surface area contributed by atoms with Crippen LogP contribution in [0.4, 0.5) is 5.69 Å². The van der Waals surface area contributed by atoms with Crippen LogP contribution < -0.4 is 16.6 Å². The molecule has 1 aromatic heterocycles. The number of nitrogens with one attached hydrogen (secondary N) is 1. The van der Waals surface area contributed by atoms with Crippen molar-refractivity contribution in [3.8, 4) is 0 Å². The number of pyridine rings is 1. The molecule has 0 aliphatic heterocycles. The minimum atomic E-state index is -0.572. The average Bonchev–Trinajstić information content (AvgIpc) is 3.17. The molecule has 7 nitrogen and oxygen atoms in total. The molecule has 0 bridgehead atoms. The summed E-state index contributed by atoms with van der Waals surface area (Å²) in [6.45, 7) is -0.206. The molecule has 1 aromatic rings. The van der Waals surface area contributed by atoms with Crippen LogP contribution in [-0.4, -0.2) is 29.1 Å². The number of nitrogen functional groups attached to an aromatic ring is 1. The van der Waals surface area contributed by atoms with Gasteiger partial charge in [0, 0.05) is 24.0 Å². The molecule has 1 fully saturated rings. The first-order valence-electron chi connectivity index (χ1n) is 6.45. The van der Waals surface area contributed by atoms with Crippen LogP contribution >= 0.6 is 0 Å². The topological polar surface area (TPSA) is 103 Å². The number of nitrogens with zero attached hydrogens (tertiary/aromatic N) is 1. The number of nitrogens with two attached hydrogens (primary N) is 1. The summed E-state index contributed by atoms with van der Waals surface area (Å²) in [7, 11) is 0. The van der Waals surface area contributed by atoms with Crippen molar-refractivity contribution in [2.45, 2.75) is 31.8 Å². The number of anilines is 1. The van der Waals surface area contributed by atoms with Crippen LogP contribution in [0.5, 0.6) is 0 Å². The molecule has 0 radical (unpaired) electrons. The number of rotatable bonds is 6. The first kappa shape index (κ1) is 14.1. The standard InChI is InChI=1S/C13H17N3O4/c14-9-1-4-12(18)16(7-9)8-13(19)20-6-5-11(17)15-10-2-3-10/h1,4,7,10H,2-3,5-6,8,14H2,(H,15,17). The Bertz CT molecular complexity index is 563. The maximum Gasteiger partial charge on any atom is 0.326 e. The van der Waals surface area contributed by atoms with Crippen LogP contribution in [0.3, 0.4) is 0 Å². The number of carbonyl (C=O) groups excluding carboxylic acids is 2. The highest BCUT2D eigenvalue weighted by Crippen LogP contribution is 2.18. The van der Waals surface area contributed by atoms with E-state index in [0.29, 0.717) is 11.7 Å². The van der Waals surface area contributed by atoms with Gasteiger partial charge in [-0.05, 0) is 18.9 Å². The molecule has 1 aliphatic rings. The SMILES string of the molecule is Nc1ccc(=O)n(CC(=O)OCCC(=O)NC2CC2)c1. The van der Waals surface area contributed by atoms with Gasteiger partial charge < -0.3 is 20.4 Å². The maximum atomic E-state index is 11.5. The quantitative estimate of drug-likeness (QED) is 0.692. The second-order valence-electron chi connectivity index (χ2n) is 4.74. The lowest BCUT2D eigenvalue weighted by Gasteiger charge is -2.07. The Hall–Kier alpha value is -2.31. The molecule has 7 heteroatoms. The fourth-order valence-electron chi connectivity index (χ4n) is 1.64. The molecule has 2 rings (SSSR count). The number of ether oxygens (including phenoxy) is 1. The molecule has 0 aromatic carbocycles. The summed E-state index contributed by atoms with van der Waals surface area (Å²) in [4.78, 5) is 34.3. The smallest absolute Gasteiger partial charge is 0.326 e. The number of hydrogen-bond acceptors (Lipinski definition) is 5.